The van der Waals surface area contributed by atoms with Crippen molar-refractivity contribution in [3.8, 4) is 0 Å². The first-order chi connectivity index (χ1) is 14.1. The van der Waals surface area contributed by atoms with Crippen LogP contribution in [0.3, 0.4) is 0 Å². The predicted octanol–water partition coefficient (Wildman–Crippen LogP) is 1.48. The Morgan fingerprint density at radius 1 is 1.10 bits per heavy atom. The molecule has 0 unspecified atom stereocenters. The van der Waals surface area contributed by atoms with Gasteiger partial charge in [0.1, 0.15) is 5.01 Å². The summed E-state index contributed by atoms with van der Waals surface area (Å²) in [5, 5.41) is 14.9. The molecule has 0 saturated carbocycles. The van der Waals surface area contributed by atoms with Crippen LogP contribution in [0.4, 0.5) is 5.69 Å². The predicted molar refractivity (Wildman–Crippen MR) is 114 cm³/mol. The number of aromatic nitrogens is 2. The van der Waals surface area contributed by atoms with Gasteiger partial charge in [0.05, 0.1) is 0 Å². The maximum Gasteiger partial charge on any atom is 0.286 e. The van der Waals surface area contributed by atoms with Crippen molar-refractivity contribution in [1.82, 2.24) is 25.3 Å². The second kappa shape index (κ2) is 11.0. The molecule has 0 atom stereocenters. The molecule has 3 rings (SSSR count). The van der Waals surface area contributed by atoms with E-state index < -0.39 is 0 Å². The molecular formula is C20H28N6O2S. The molecule has 0 bridgehead atoms. The second-order valence-electron chi connectivity index (χ2n) is 7.17. The molecule has 1 aliphatic rings. The zero-order chi connectivity index (χ0) is 20.5. The topological polar surface area (TPSA) is 90.5 Å². The molecule has 0 spiro atoms. The molecule has 1 aliphatic heterocycles. The van der Waals surface area contributed by atoms with Gasteiger partial charge < -0.3 is 15.5 Å². The fourth-order valence-corrected chi connectivity index (χ4v) is 3.84. The van der Waals surface area contributed by atoms with Gasteiger partial charge in [-0.2, -0.15) is 0 Å². The lowest BCUT2D eigenvalue weighted by atomic mass is 10.2. The summed E-state index contributed by atoms with van der Waals surface area (Å²) in [5.74, 6) is -0.202. The van der Waals surface area contributed by atoms with Crippen LogP contribution >= 0.6 is 11.3 Å². The molecule has 1 aromatic carbocycles. The number of hydrogen-bond acceptors (Lipinski definition) is 7. The van der Waals surface area contributed by atoms with Crippen molar-refractivity contribution >= 4 is 28.8 Å². The molecule has 2 N–H and O–H groups in total. The van der Waals surface area contributed by atoms with Gasteiger partial charge in [-0.05, 0) is 25.6 Å². The van der Waals surface area contributed by atoms with E-state index in [1.807, 2.05) is 30.3 Å². The van der Waals surface area contributed by atoms with E-state index in [-0.39, 0.29) is 11.8 Å². The lowest BCUT2D eigenvalue weighted by molar-refractivity contribution is -0.121. The number of aryl methyl sites for hydroxylation is 1. The van der Waals surface area contributed by atoms with Crippen LogP contribution in [0.15, 0.2) is 30.3 Å². The minimum Gasteiger partial charge on any atom is -0.355 e. The van der Waals surface area contributed by atoms with E-state index in [1.165, 1.54) is 11.3 Å². The summed E-state index contributed by atoms with van der Waals surface area (Å²) in [7, 11) is 2.13. The summed E-state index contributed by atoms with van der Waals surface area (Å²) >= 11 is 1.27. The number of benzene rings is 1. The Morgan fingerprint density at radius 3 is 2.62 bits per heavy atom. The minimum absolute atomic E-state index is 0.0608. The van der Waals surface area contributed by atoms with Crippen LogP contribution in [0.2, 0.25) is 0 Å². The summed E-state index contributed by atoms with van der Waals surface area (Å²) in [5.41, 5.74) is 0.725. The summed E-state index contributed by atoms with van der Waals surface area (Å²) in [6, 6.07) is 9.25. The van der Waals surface area contributed by atoms with Crippen molar-refractivity contribution in [3.05, 3.63) is 40.3 Å². The van der Waals surface area contributed by atoms with Crippen LogP contribution in [0, 0.1) is 0 Å². The average molecular weight is 417 g/mol. The molecule has 0 aliphatic carbocycles. The Balaban J connectivity index is 1.31. The fourth-order valence-electron chi connectivity index (χ4n) is 3.07. The van der Waals surface area contributed by atoms with Gasteiger partial charge in [-0.25, -0.2) is 0 Å². The van der Waals surface area contributed by atoms with Gasteiger partial charge in [-0.3, -0.25) is 14.5 Å². The summed E-state index contributed by atoms with van der Waals surface area (Å²) in [6.45, 7) is 5.87. The highest BCUT2D eigenvalue weighted by Gasteiger charge is 2.14. The quantitative estimate of drug-likeness (QED) is 0.644. The SMILES string of the molecule is CN1CCN(CCNC(=O)CCCc2nnc(C(=O)Nc3ccccc3)s2)CC1. The number of nitrogens with zero attached hydrogens (tertiary/aromatic N) is 4. The highest BCUT2D eigenvalue weighted by Crippen LogP contribution is 2.15. The van der Waals surface area contributed by atoms with Gasteiger partial charge >= 0.3 is 0 Å². The maximum absolute atomic E-state index is 12.2. The van der Waals surface area contributed by atoms with E-state index in [2.05, 4.69) is 37.7 Å². The molecular weight excluding hydrogens is 388 g/mol. The van der Waals surface area contributed by atoms with E-state index in [9.17, 15) is 9.59 Å². The first-order valence-corrected chi connectivity index (χ1v) is 10.8. The van der Waals surface area contributed by atoms with E-state index in [1.54, 1.807) is 0 Å². The number of para-hydroxylation sites is 1. The Morgan fingerprint density at radius 2 is 1.86 bits per heavy atom. The zero-order valence-corrected chi connectivity index (χ0v) is 17.6. The number of carbonyl (C=O) groups is 2. The number of likely N-dealkylation sites (N-methyl/N-ethyl adjacent to an activating group) is 1. The van der Waals surface area contributed by atoms with Crippen molar-refractivity contribution in [2.75, 3.05) is 51.6 Å². The van der Waals surface area contributed by atoms with Gasteiger partial charge in [-0.15, -0.1) is 10.2 Å². The Labute approximate surface area is 175 Å². The smallest absolute Gasteiger partial charge is 0.286 e. The summed E-state index contributed by atoms with van der Waals surface area (Å²) in [6.07, 6.45) is 1.78. The first-order valence-electron chi connectivity index (χ1n) is 9.96. The molecule has 29 heavy (non-hydrogen) atoms. The number of carbonyl (C=O) groups excluding carboxylic acids is 2. The third-order valence-corrected chi connectivity index (χ3v) is 5.82. The number of rotatable bonds is 9. The number of nitrogens with one attached hydrogen (secondary N) is 2. The number of anilines is 1. The average Bonchev–Trinajstić information content (AvgIpc) is 3.19. The van der Waals surface area contributed by atoms with Gasteiger partial charge in [-0.1, -0.05) is 29.5 Å². The van der Waals surface area contributed by atoms with Crippen LogP contribution in [0.5, 0.6) is 0 Å². The number of amides is 2. The van der Waals surface area contributed by atoms with Crippen LogP contribution in [-0.2, 0) is 11.2 Å². The Kier molecular flexibility index (Phi) is 8.09. The van der Waals surface area contributed by atoms with Crippen LogP contribution in [0.25, 0.3) is 0 Å². The molecule has 2 aromatic rings. The third kappa shape index (κ3) is 7.19. The third-order valence-electron chi connectivity index (χ3n) is 4.83. The molecule has 1 saturated heterocycles. The molecule has 156 valence electrons. The van der Waals surface area contributed by atoms with Crippen LogP contribution in [0.1, 0.15) is 27.7 Å². The molecule has 8 nitrogen and oxygen atoms in total. The van der Waals surface area contributed by atoms with Crippen molar-refractivity contribution < 1.29 is 9.59 Å². The van der Waals surface area contributed by atoms with Gasteiger partial charge in [0.25, 0.3) is 5.91 Å². The lowest BCUT2D eigenvalue weighted by Gasteiger charge is -2.32. The van der Waals surface area contributed by atoms with E-state index in [4.69, 9.17) is 0 Å². The van der Waals surface area contributed by atoms with Crippen LogP contribution in [-0.4, -0.2) is 78.1 Å². The highest BCUT2D eigenvalue weighted by molar-refractivity contribution is 7.13. The first kappa shape index (κ1) is 21.4. The Hall–Kier alpha value is -2.36. The van der Waals surface area contributed by atoms with E-state index >= 15 is 0 Å². The molecule has 2 heterocycles. The molecule has 9 heteroatoms. The fraction of sp³-hybridized carbons (Fsp3) is 0.500. The molecule has 1 aromatic heterocycles. The second-order valence-corrected chi connectivity index (χ2v) is 8.23. The minimum atomic E-state index is -0.262. The van der Waals surface area contributed by atoms with Crippen molar-refractivity contribution in [1.29, 1.82) is 0 Å². The lowest BCUT2D eigenvalue weighted by Crippen LogP contribution is -2.46. The van der Waals surface area contributed by atoms with Gasteiger partial charge in [0.15, 0.2) is 0 Å². The molecule has 2 amide bonds. The summed E-state index contributed by atoms with van der Waals surface area (Å²) in [4.78, 5) is 28.9. The van der Waals surface area contributed by atoms with Gasteiger partial charge in [0, 0.05) is 57.8 Å². The maximum atomic E-state index is 12.2. The van der Waals surface area contributed by atoms with Crippen molar-refractivity contribution in [2.24, 2.45) is 0 Å². The van der Waals surface area contributed by atoms with E-state index in [0.29, 0.717) is 30.8 Å². The number of hydrogen-bond donors (Lipinski definition) is 2. The van der Waals surface area contributed by atoms with Crippen LogP contribution < -0.4 is 10.6 Å². The molecule has 1 fully saturated rings. The van der Waals surface area contributed by atoms with Crippen molar-refractivity contribution in [3.63, 3.8) is 0 Å². The standard InChI is InChI=1S/C20H28N6O2S/c1-25-12-14-26(15-13-25)11-10-21-17(27)8-5-9-18-23-24-20(29-18)19(28)22-16-6-3-2-4-7-16/h2-4,6-7H,5,8-15H2,1H3,(H,21,27)(H,22,28). The van der Waals surface area contributed by atoms with Crippen molar-refractivity contribution in [2.45, 2.75) is 19.3 Å². The highest BCUT2D eigenvalue weighted by atomic mass is 32.1. The summed E-state index contributed by atoms with van der Waals surface area (Å²) < 4.78 is 0. The zero-order valence-electron chi connectivity index (χ0n) is 16.8. The molecule has 0 radical (unpaired) electrons. The number of piperazine rings is 1. The van der Waals surface area contributed by atoms with E-state index in [0.717, 1.165) is 43.4 Å². The monoisotopic (exact) mass is 416 g/mol. The largest absolute Gasteiger partial charge is 0.355 e. The Bertz CT molecular complexity index is 789. The normalized spacial score (nSPS) is 15.2. The van der Waals surface area contributed by atoms with Gasteiger partial charge in [0.2, 0.25) is 10.9 Å².